The van der Waals surface area contributed by atoms with E-state index in [9.17, 15) is 4.79 Å². The van der Waals surface area contributed by atoms with Gasteiger partial charge in [0.25, 0.3) is 5.91 Å². The van der Waals surface area contributed by atoms with Crippen LogP contribution in [0.5, 0.6) is 0 Å². The molecule has 0 aliphatic carbocycles. The number of nitrogen functional groups attached to an aromatic ring is 1. The van der Waals surface area contributed by atoms with Crippen molar-refractivity contribution in [2.24, 2.45) is 0 Å². The number of hydrogen-bond donors (Lipinski definition) is 2. The molecular formula is C11H15BrN2OS. The SMILES string of the molecule is CSCCCNC(=O)c1ccc(Br)c(N)c1. The van der Waals surface area contributed by atoms with Gasteiger partial charge in [0.15, 0.2) is 0 Å². The Morgan fingerprint density at radius 2 is 2.31 bits per heavy atom. The minimum atomic E-state index is -0.0692. The third-order valence-corrected chi connectivity index (χ3v) is 3.49. The summed E-state index contributed by atoms with van der Waals surface area (Å²) in [6.45, 7) is 0.704. The maximum atomic E-state index is 11.7. The van der Waals surface area contributed by atoms with E-state index in [4.69, 9.17) is 5.73 Å². The van der Waals surface area contributed by atoms with E-state index in [2.05, 4.69) is 27.5 Å². The number of amides is 1. The summed E-state index contributed by atoms with van der Waals surface area (Å²) in [4.78, 5) is 11.7. The molecule has 0 heterocycles. The number of carbonyl (C=O) groups excluding carboxylic acids is 1. The number of nitrogens with two attached hydrogens (primary N) is 1. The van der Waals surface area contributed by atoms with Gasteiger partial charge in [0.05, 0.1) is 0 Å². The maximum Gasteiger partial charge on any atom is 0.251 e. The molecule has 0 saturated heterocycles. The number of thioether (sulfide) groups is 1. The maximum absolute atomic E-state index is 11.7. The first-order chi connectivity index (χ1) is 7.65. The van der Waals surface area contributed by atoms with Crippen molar-refractivity contribution in [2.45, 2.75) is 6.42 Å². The predicted octanol–water partition coefficient (Wildman–Crippen LogP) is 2.51. The van der Waals surface area contributed by atoms with Crippen molar-refractivity contribution >= 4 is 39.3 Å². The van der Waals surface area contributed by atoms with Gasteiger partial charge < -0.3 is 11.1 Å². The summed E-state index contributed by atoms with van der Waals surface area (Å²) in [7, 11) is 0. The third-order valence-electron chi connectivity index (χ3n) is 2.07. The summed E-state index contributed by atoms with van der Waals surface area (Å²) >= 11 is 5.07. The lowest BCUT2D eigenvalue weighted by Gasteiger charge is -2.06. The van der Waals surface area contributed by atoms with E-state index >= 15 is 0 Å². The van der Waals surface area contributed by atoms with Crippen LogP contribution in [0.15, 0.2) is 22.7 Å². The molecule has 0 bridgehead atoms. The molecule has 0 spiro atoms. The van der Waals surface area contributed by atoms with Gasteiger partial charge in [-0.3, -0.25) is 4.79 Å². The molecule has 88 valence electrons. The third kappa shape index (κ3) is 4.06. The van der Waals surface area contributed by atoms with Crippen LogP contribution in [0.3, 0.4) is 0 Å². The molecule has 0 fully saturated rings. The summed E-state index contributed by atoms with van der Waals surface area (Å²) in [5.41, 5.74) is 6.89. The van der Waals surface area contributed by atoms with Crippen molar-refractivity contribution in [3.05, 3.63) is 28.2 Å². The van der Waals surface area contributed by atoms with Crippen molar-refractivity contribution in [1.29, 1.82) is 0 Å². The zero-order valence-corrected chi connectivity index (χ0v) is 11.5. The van der Waals surface area contributed by atoms with Crippen LogP contribution in [0.2, 0.25) is 0 Å². The average molecular weight is 303 g/mol. The van der Waals surface area contributed by atoms with Crippen molar-refractivity contribution in [3.63, 3.8) is 0 Å². The molecule has 0 aromatic heterocycles. The van der Waals surface area contributed by atoms with Crippen LogP contribution in [-0.4, -0.2) is 24.5 Å². The molecule has 3 N–H and O–H groups in total. The molecule has 16 heavy (non-hydrogen) atoms. The van der Waals surface area contributed by atoms with Crippen LogP contribution < -0.4 is 11.1 Å². The molecular weight excluding hydrogens is 288 g/mol. The summed E-state index contributed by atoms with van der Waals surface area (Å²) in [6.07, 6.45) is 3.04. The summed E-state index contributed by atoms with van der Waals surface area (Å²) in [5, 5.41) is 2.86. The molecule has 1 amide bonds. The number of carbonyl (C=O) groups is 1. The van der Waals surface area contributed by atoms with Gasteiger partial charge in [0.1, 0.15) is 0 Å². The van der Waals surface area contributed by atoms with E-state index in [0.717, 1.165) is 16.6 Å². The number of anilines is 1. The molecule has 3 nitrogen and oxygen atoms in total. The highest BCUT2D eigenvalue weighted by molar-refractivity contribution is 9.10. The average Bonchev–Trinajstić information content (AvgIpc) is 2.28. The van der Waals surface area contributed by atoms with Gasteiger partial charge in [-0.2, -0.15) is 11.8 Å². The summed E-state index contributed by atoms with van der Waals surface area (Å²) in [5.74, 6) is 0.989. The van der Waals surface area contributed by atoms with Crippen LogP contribution in [0.25, 0.3) is 0 Å². The normalized spacial score (nSPS) is 10.1. The van der Waals surface area contributed by atoms with Crippen LogP contribution >= 0.6 is 27.7 Å². The van der Waals surface area contributed by atoms with E-state index in [-0.39, 0.29) is 5.91 Å². The Bertz CT molecular complexity index is 371. The van der Waals surface area contributed by atoms with Gasteiger partial charge in [-0.1, -0.05) is 0 Å². The Hall–Kier alpha value is -0.680. The Balaban J connectivity index is 2.50. The van der Waals surface area contributed by atoms with Crippen molar-refractivity contribution in [1.82, 2.24) is 5.32 Å². The van der Waals surface area contributed by atoms with Gasteiger partial charge in [-0.25, -0.2) is 0 Å². The van der Waals surface area contributed by atoms with Crippen LogP contribution in [0.1, 0.15) is 16.8 Å². The van der Waals surface area contributed by atoms with E-state index in [1.807, 2.05) is 0 Å². The molecule has 0 atom stereocenters. The zero-order valence-electron chi connectivity index (χ0n) is 9.13. The van der Waals surface area contributed by atoms with E-state index < -0.39 is 0 Å². The fourth-order valence-electron chi connectivity index (χ4n) is 1.21. The van der Waals surface area contributed by atoms with Crippen molar-refractivity contribution in [3.8, 4) is 0 Å². The largest absolute Gasteiger partial charge is 0.398 e. The van der Waals surface area contributed by atoms with Crippen LogP contribution in [-0.2, 0) is 0 Å². The Labute approximate surface area is 108 Å². The molecule has 0 unspecified atom stereocenters. The van der Waals surface area contributed by atoms with Crippen molar-refractivity contribution in [2.75, 3.05) is 24.3 Å². The second kappa shape index (κ2) is 6.81. The molecule has 5 heteroatoms. The lowest BCUT2D eigenvalue weighted by Crippen LogP contribution is -2.24. The second-order valence-electron chi connectivity index (χ2n) is 3.34. The van der Waals surface area contributed by atoms with Crippen LogP contribution in [0, 0.1) is 0 Å². The molecule has 0 saturated carbocycles. The number of rotatable bonds is 5. The summed E-state index contributed by atoms with van der Waals surface area (Å²) < 4.78 is 0.812. The fraction of sp³-hybridized carbons (Fsp3) is 0.364. The number of benzene rings is 1. The predicted molar refractivity (Wildman–Crippen MR) is 73.9 cm³/mol. The molecule has 1 rings (SSSR count). The fourth-order valence-corrected chi connectivity index (χ4v) is 1.89. The minimum absolute atomic E-state index is 0.0692. The Kier molecular flexibility index (Phi) is 5.69. The zero-order chi connectivity index (χ0) is 12.0. The molecule has 0 radical (unpaired) electrons. The number of hydrogen-bond acceptors (Lipinski definition) is 3. The number of halogens is 1. The Morgan fingerprint density at radius 3 is 2.94 bits per heavy atom. The van der Waals surface area contributed by atoms with E-state index in [1.54, 1.807) is 30.0 Å². The van der Waals surface area contributed by atoms with Crippen molar-refractivity contribution < 1.29 is 4.79 Å². The molecule has 0 aliphatic rings. The van der Waals surface area contributed by atoms with Crippen LogP contribution in [0.4, 0.5) is 5.69 Å². The molecule has 1 aromatic rings. The van der Waals surface area contributed by atoms with Gasteiger partial charge in [0, 0.05) is 22.3 Å². The first kappa shape index (κ1) is 13.4. The van der Waals surface area contributed by atoms with Gasteiger partial charge in [-0.05, 0) is 52.6 Å². The smallest absolute Gasteiger partial charge is 0.251 e. The standard InChI is InChI=1S/C11H15BrN2OS/c1-16-6-2-5-14-11(15)8-3-4-9(12)10(13)7-8/h3-4,7H,2,5-6,13H2,1H3,(H,14,15). The quantitative estimate of drug-likeness (QED) is 0.649. The summed E-state index contributed by atoms with van der Waals surface area (Å²) in [6, 6.07) is 5.21. The minimum Gasteiger partial charge on any atom is -0.398 e. The highest BCUT2D eigenvalue weighted by Gasteiger charge is 2.06. The number of nitrogens with one attached hydrogen (secondary N) is 1. The van der Waals surface area contributed by atoms with Gasteiger partial charge in [-0.15, -0.1) is 0 Å². The topological polar surface area (TPSA) is 55.1 Å². The first-order valence-electron chi connectivity index (χ1n) is 4.97. The Morgan fingerprint density at radius 1 is 1.56 bits per heavy atom. The highest BCUT2D eigenvalue weighted by atomic mass is 79.9. The first-order valence-corrected chi connectivity index (χ1v) is 7.16. The lowest BCUT2D eigenvalue weighted by molar-refractivity contribution is 0.0954. The molecule has 1 aromatic carbocycles. The molecule has 0 aliphatic heterocycles. The highest BCUT2D eigenvalue weighted by Crippen LogP contribution is 2.20. The monoisotopic (exact) mass is 302 g/mol. The van der Waals surface area contributed by atoms with E-state index in [0.29, 0.717) is 17.8 Å². The van der Waals surface area contributed by atoms with Gasteiger partial charge in [0.2, 0.25) is 0 Å². The van der Waals surface area contributed by atoms with E-state index in [1.165, 1.54) is 0 Å². The second-order valence-corrected chi connectivity index (χ2v) is 5.18. The van der Waals surface area contributed by atoms with Gasteiger partial charge >= 0.3 is 0 Å². The lowest BCUT2D eigenvalue weighted by atomic mass is 10.2.